The molecule has 9 nitrogen and oxygen atoms in total. The molecule has 0 amide bonds. The van der Waals surface area contributed by atoms with Crippen LogP contribution >= 0.6 is 0 Å². The van der Waals surface area contributed by atoms with Gasteiger partial charge in [-0.3, -0.25) is 9.59 Å². The fourth-order valence-electron chi connectivity index (χ4n) is 5.62. The molecule has 1 aliphatic rings. The molecular formula is C36H56O9. The summed E-state index contributed by atoms with van der Waals surface area (Å²) in [5.74, 6) is -3.35. The van der Waals surface area contributed by atoms with Crippen molar-refractivity contribution in [3.05, 3.63) is 61.3 Å². The maximum Gasteiger partial charge on any atom is 0.331 e. The number of carbonyl (C=O) groups excluding carboxylic acids is 2. The van der Waals surface area contributed by atoms with Gasteiger partial charge in [0.15, 0.2) is 0 Å². The molecule has 0 saturated heterocycles. The van der Waals surface area contributed by atoms with Crippen LogP contribution < -0.4 is 0 Å². The van der Waals surface area contributed by atoms with E-state index in [0.717, 1.165) is 12.8 Å². The van der Waals surface area contributed by atoms with Crippen molar-refractivity contribution in [2.45, 2.75) is 111 Å². The molecule has 0 aromatic carbocycles. The van der Waals surface area contributed by atoms with E-state index in [2.05, 4.69) is 13.5 Å². The van der Waals surface area contributed by atoms with E-state index in [4.69, 9.17) is 14.6 Å². The predicted molar refractivity (Wildman–Crippen MR) is 175 cm³/mol. The number of hydrogen-bond acceptors (Lipinski definition) is 8. The van der Waals surface area contributed by atoms with Gasteiger partial charge in [-0.05, 0) is 31.1 Å². The third kappa shape index (κ3) is 15.7. The number of carboxylic acids is 1. The smallest absolute Gasteiger partial charge is 0.331 e. The SMILES string of the molecule is C=C/C=C\[C@H](C)[C@@H]1OC(=O)/C=C\C=C\[C@@H](C)[C@@H](OC(=O)CCC(=O)O)C[C@H](O)/C=C\[C@H](C)[C@H](O)[C@@H](C)C[C@@H](C)CC[C@@H](O)[C@@H]1C. The Kier molecular flexibility index (Phi) is 18.6. The summed E-state index contributed by atoms with van der Waals surface area (Å²) in [5, 5.41) is 41.8. The number of rotatable bonds is 7. The molecule has 0 saturated carbocycles. The molecule has 1 aliphatic heterocycles. The Morgan fingerprint density at radius 2 is 1.69 bits per heavy atom. The first kappa shape index (κ1) is 40.0. The molecule has 0 aromatic heterocycles. The number of allylic oxidation sites excluding steroid dienone is 4. The number of cyclic esters (lactones) is 1. The third-order valence-electron chi connectivity index (χ3n) is 8.58. The Morgan fingerprint density at radius 3 is 2.33 bits per heavy atom. The van der Waals surface area contributed by atoms with Gasteiger partial charge in [-0.25, -0.2) is 4.79 Å². The first-order valence-corrected chi connectivity index (χ1v) is 16.1. The number of carbonyl (C=O) groups is 3. The number of aliphatic hydroxyl groups is 3. The molecule has 11 atom stereocenters. The highest BCUT2D eigenvalue weighted by Crippen LogP contribution is 2.28. The molecule has 0 aromatic rings. The summed E-state index contributed by atoms with van der Waals surface area (Å²) in [6.45, 7) is 15.2. The minimum absolute atomic E-state index is 0.0399. The zero-order valence-corrected chi connectivity index (χ0v) is 27.8. The second kappa shape index (κ2) is 20.9. The number of aliphatic carboxylic acids is 1. The van der Waals surface area contributed by atoms with E-state index in [-0.39, 0.29) is 48.9 Å². The molecule has 0 unspecified atom stereocenters. The van der Waals surface area contributed by atoms with E-state index in [1.807, 2.05) is 33.8 Å². The Bertz CT molecular complexity index is 1050. The van der Waals surface area contributed by atoms with Crippen molar-refractivity contribution in [2.75, 3.05) is 0 Å². The summed E-state index contributed by atoms with van der Waals surface area (Å²) in [5.41, 5.74) is 0. The molecule has 254 valence electrons. The lowest BCUT2D eigenvalue weighted by Gasteiger charge is -2.31. The Morgan fingerprint density at radius 1 is 1.00 bits per heavy atom. The summed E-state index contributed by atoms with van der Waals surface area (Å²) < 4.78 is 11.4. The lowest BCUT2D eigenvalue weighted by Crippen LogP contribution is -2.37. The zero-order valence-electron chi connectivity index (χ0n) is 27.8. The topological polar surface area (TPSA) is 151 Å². The highest BCUT2D eigenvalue weighted by Gasteiger charge is 2.31. The van der Waals surface area contributed by atoms with Gasteiger partial charge >= 0.3 is 17.9 Å². The molecule has 0 bridgehead atoms. The van der Waals surface area contributed by atoms with Crippen molar-refractivity contribution in [1.29, 1.82) is 0 Å². The van der Waals surface area contributed by atoms with Crippen molar-refractivity contribution >= 4 is 17.9 Å². The highest BCUT2D eigenvalue weighted by atomic mass is 16.5. The zero-order chi connectivity index (χ0) is 34.1. The van der Waals surface area contributed by atoms with E-state index in [1.165, 1.54) is 12.2 Å². The highest BCUT2D eigenvalue weighted by molar-refractivity contribution is 5.82. The van der Waals surface area contributed by atoms with Crippen LogP contribution in [-0.2, 0) is 23.9 Å². The van der Waals surface area contributed by atoms with E-state index < -0.39 is 54.3 Å². The third-order valence-corrected chi connectivity index (χ3v) is 8.58. The largest absolute Gasteiger partial charge is 0.481 e. The van der Waals surface area contributed by atoms with Gasteiger partial charge in [-0.1, -0.05) is 96.7 Å². The lowest BCUT2D eigenvalue weighted by molar-refractivity contribution is -0.154. The normalized spacial score (nSPS) is 36.0. The molecule has 9 heteroatoms. The first-order valence-electron chi connectivity index (χ1n) is 16.1. The van der Waals surface area contributed by atoms with Gasteiger partial charge in [0.2, 0.25) is 0 Å². The summed E-state index contributed by atoms with van der Waals surface area (Å²) in [7, 11) is 0. The maximum absolute atomic E-state index is 12.8. The lowest BCUT2D eigenvalue weighted by atomic mass is 9.82. The van der Waals surface area contributed by atoms with Gasteiger partial charge in [0.25, 0.3) is 0 Å². The van der Waals surface area contributed by atoms with Gasteiger partial charge in [0, 0.05) is 36.2 Å². The van der Waals surface area contributed by atoms with Gasteiger partial charge in [-0.2, -0.15) is 0 Å². The quantitative estimate of drug-likeness (QED) is 0.161. The van der Waals surface area contributed by atoms with Gasteiger partial charge < -0.3 is 29.9 Å². The fraction of sp³-hybridized carbons (Fsp3) is 0.639. The standard InChI is InChI=1S/C36H56O9/c1-8-9-12-26(5)36-28(7)30(38)18-15-23(2)21-27(6)35(43)25(4)16-17-29(37)22-31(44-34(42)20-19-32(39)40)24(3)13-10-11-14-33(41)45-36/h8-14,16-17,23-31,35-38,43H,1,15,18-22H2,2-7H3,(H,39,40)/b12-9-,13-10+,14-11-,17-16-/t23-,24+,25-,26-,27-,28-,29+,30+,31-,35-,36-/m0/s1. The average molecular weight is 633 g/mol. The molecule has 1 rings (SSSR count). The number of ether oxygens (including phenoxy) is 2. The Balaban J connectivity index is 3.34. The van der Waals surface area contributed by atoms with Gasteiger partial charge in [0.05, 0.1) is 31.2 Å². The fourth-order valence-corrected chi connectivity index (χ4v) is 5.62. The molecule has 1 heterocycles. The molecule has 45 heavy (non-hydrogen) atoms. The van der Waals surface area contributed by atoms with Crippen LogP contribution in [0.3, 0.4) is 0 Å². The van der Waals surface area contributed by atoms with Crippen LogP contribution in [0, 0.1) is 35.5 Å². The van der Waals surface area contributed by atoms with Gasteiger partial charge in [-0.15, -0.1) is 0 Å². The summed E-state index contributed by atoms with van der Waals surface area (Å²) in [6.07, 6.45) is 12.5. The van der Waals surface area contributed by atoms with Crippen LogP contribution in [0.25, 0.3) is 0 Å². The molecule has 0 radical (unpaired) electrons. The second-order valence-corrected chi connectivity index (χ2v) is 12.8. The molecular weight excluding hydrogens is 576 g/mol. The van der Waals surface area contributed by atoms with Crippen LogP contribution in [0.5, 0.6) is 0 Å². The van der Waals surface area contributed by atoms with Crippen molar-refractivity contribution in [2.24, 2.45) is 35.5 Å². The van der Waals surface area contributed by atoms with Crippen LogP contribution in [0.2, 0.25) is 0 Å². The van der Waals surface area contributed by atoms with Crippen LogP contribution in [0.4, 0.5) is 0 Å². The molecule has 0 aliphatic carbocycles. The van der Waals surface area contributed by atoms with Crippen LogP contribution in [-0.4, -0.2) is 68.9 Å². The Labute approximate surface area is 269 Å². The van der Waals surface area contributed by atoms with E-state index in [1.54, 1.807) is 43.4 Å². The van der Waals surface area contributed by atoms with E-state index >= 15 is 0 Å². The number of aliphatic hydroxyl groups excluding tert-OH is 3. The number of carboxylic acid groups (broad SMARTS) is 1. The van der Waals surface area contributed by atoms with Crippen LogP contribution in [0.15, 0.2) is 61.3 Å². The summed E-state index contributed by atoms with van der Waals surface area (Å²) in [6, 6.07) is 0. The maximum atomic E-state index is 12.8. The predicted octanol–water partition coefficient (Wildman–Crippen LogP) is 5.56. The van der Waals surface area contributed by atoms with Gasteiger partial charge in [0.1, 0.15) is 12.2 Å². The summed E-state index contributed by atoms with van der Waals surface area (Å²) in [4.78, 5) is 36.1. The second-order valence-electron chi connectivity index (χ2n) is 12.8. The van der Waals surface area contributed by atoms with Crippen molar-refractivity contribution in [3.63, 3.8) is 0 Å². The Hall–Kier alpha value is -3.01. The monoisotopic (exact) mass is 632 g/mol. The first-order chi connectivity index (χ1) is 21.2. The molecule has 4 N–H and O–H groups in total. The van der Waals surface area contributed by atoms with Crippen molar-refractivity contribution < 1.29 is 44.3 Å². The average Bonchev–Trinajstić information content (AvgIpc) is 2.99. The molecule has 0 fully saturated rings. The van der Waals surface area contributed by atoms with Crippen molar-refractivity contribution in [3.8, 4) is 0 Å². The van der Waals surface area contributed by atoms with E-state index in [9.17, 15) is 29.7 Å². The minimum Gasteiger partial charge on any atom is -0.481 e. The number of esters is 2. The van der Waals surface area contributed by atoms with Crippen LogP contribution in [0.1, 0.15) is 80.1 Å². The van der Waals surface area contributed by atoms with Crippen molar-refractivity contribution in [1.82, 2.24) is 0 Å². The number of hydrogen-bond donors (Lipinski definition) is 4. The summed E-state index contributed by atoms with van der Waals surface area (Å²) >= 11 is 0. The van der Waals surface area contributed by atoms with E-state index in [0.29, 0.717) is 6.42 Å². The molecule has 0 spiro atoms. The minimum atomic E-state index is -1.11.